The fourth-order valence-electron chi connectivity index (χ4n) is 2.36. The number of alkyl halides is 3. The van der Waals surface area contributed by atoms with Crippen LogP contribution in [0.2, 0.25) is 0 Å². The van der Waals surface area contributed by atoms with Gasteiger partial charge in [0.2, 0.25) is 5.76 Å². The average molecular weight is 366 g/mol. The Morgan fingerprint density at radius 2 is 1.69 bits per heavy atom. The van der Waals surface area contributed by atoms with Crippen LogP contribution < -0.4 is 11.1 Å². The van der Waals surface area contributed by atoms with Crippen molar-refractivity contribution in [1.82, 2.24) is 0 Å². The van der Waals surface area contributed by atoms with E-state index in [2.05, 4.69) is 5.32 Å². The van der Waals surface area contributed by atoms with Crippen LogP contribution in [0.3, 0.4) is 0 Å². The van der Waals surface area contributed by atoms with Crippen LogP contribution in [0.25, 0.3) is 11.0 Å². The van der Waals surface area contributed by atoms with Gasteiger partial charge in [-0.25, -0.2) is 4.39 Å². The average Bonchev–Trinajstić information content (AvgIpc) is 2.93. The van der Waals surface area contributed by atoms with Gasteiger partial charge in [-0.2, -0.15) is 13.2 Å². The van der Waals surface area contributed by atoms with Crippen molar-refractivity contribution in [1.29, 1.82) is 0 Å². The smallest absolute Gasteiger partial charge is 0.416 e. The molecule has 0 aliphatic rings. The summed E-state index contributed by atoms with van der Waals surface area (Å²) in [5.41, 5.74) is 3.85. The van der Waals surface area contributed by atoms with E-state index in [1.54, 1.807) is 0 Å². The van der Waals surface area contributed by atoms with Gasteiger partial charge in [0.05, 0.1) is 5.56 Å². The van der Waals surface area contributed by atoms with Crippen LogP contribution in [0.4, 0.5) is 23.2 Å². The predicted molar refractivity (Wildman–Crippen MR) is 84.1 cm³/mol. The van der Waals surface area contributed by atoms with Crippen LogP contribution in [0, 0.1) is 5.82 Å². The molecule has 0 spiro atoms. The zero-order chi connectivity index (χ0) is 19.1. The summed E-state index contributed by atoms with van der Waals surface area (Å²) in [5.74, 6) is -2.82. The monoisotopic (exact) mass is 366 g/mol. The number of halogens is 4. The standard InChI is InChI=1S/C17H10F4N2O3/c18-10-4-1-8(2-5-10)16(25)23-13-11-6-3-9(17(19,20)21)7-12(11)26-14(13)15(22)24/h1-7H,(H2,22,24)(H,23,25). The molecule has 0 fully saturated rings. The number of carbonyl (C=O) groups excluding carboxylic acids is 2. The molecule has 3 aromatic rings. The van der Waals surface area contributed by atoms with Crippen molar-refractivity contribution in [2.45, 2.75) is 6.18 Å². The minimum Gasteiger partial charge on any atom is -0.449 e. The third kappa shape index (κ3) is 3.23. The molecule has 9 heteroatoms. The molecular formula is C17H10F4N2O3. The van der Waals surface area contributed by atoms with Crippen LogP contribution in [0.1, 0.15) is 26.5 Å². The Balaban J connectivity index is 2.06. The second-order valence-corrected chi connectivity index (χ2v) is 5.34. The highest BCUT2D eigenvalue weighted by atomic mass is 19.4. The SMILES string of the molecule is NC(=O)c1oc2cc(C(F)(F)F)ccc2c1NC(=O)c1ccc(F)cc1. The highest BCUT2D eigenvalue weighted by molar-refractivity contribution is 6.14. The second kappa shape index (κ2) is 6.17. The number of primary amides is 1. The first-order valence-electron chi connectivity index (χ1n) is 7.17. The Kier molecular flexibility index (Phi) is 4.15. The molecule has 3 N–H and O–H groups in total. The highest BCUT2D eigenvalue weighted by Gasteiger charge is 2.32. The van der Waals surface area contributed by atoms with Crippen molar-refractivity contribution in [2.75, 3.05) is 5.32 Å². The van der Waals surface area contributed by atoms with Gasteiger partial charge in [0.15, 0.2) is 0 Å². The van der Waals surface area contributed by atoms with E-state index in [0.717, 1.165) is 24.3 Å². The van der Waals surface area contributed by atoms with E-state index in [0.29, 0.717) is 6.07 Å². The molecule has 2 amide bonds. The van der Waals surface area contributed by atoms with Crippen molar-refractivity contribution in [3.8, 4) is 0 Å². The number of hydrogen-bond acceptors (Lipinski definition) is 3. The largest absolute Gasteiger partial charge is 0.449 e. The maximum atomic E-state index is 12.9. The van der Waals surface area contributed by atoms with E-state index in [4.69, 9.17) is 10.2 Å². The summed E-state index contributed by atoms with van der Waals surface area (Å²) in [6.07, 6.45) is -4.61. The summed E-state index contributed by atoms with van der Waals surface area (Å²) in [4.78, 5) is 23.8. The van der Waals surface area contributed by atoms with Crippen molar-refractivity contribution in [3.63, 3.8) is 0 Å². The van der Waals surface area contributed by atoms with Crippen LogP contribution >= 0.6 is 0 Å². The Morgan fingerprint density at radius 3 is 2.27 bits per heavy atom. The van der Waals surface area contributed by atoms with Gasteiger partial charge >= 0.3 is 6.18 Å². The number of anilines is 1. The summed E-state index contributed by atoms with van der Waals surface area (Å²) in [6.45, 7) is 0. The molecule has 3 rings (SSSR count). The lowest BCUT2D eigenvalue weighted by Gasteiger charge is -2.07. The molecule has 0 atom stereocenters. The maximum absolute atomic E-state index is 12.9. The molecule has 5 nitrogen and oxygen atoms in total. The first-order chi connectivity index (χ1) is 12.2. The molecule has 0 bridgehead atoms. The van der Waals surface area contributed by atoms with Gasteiger partial charge in [0.25, 0.3) is 11.8 Å². The highest BCUT2D eigenvalue weighted by Crippen LogP contribution is 2.36. The predicted octanol–water partition coefficient (Wildman–Crippen LogP) is 3.94. The zero-order valence-electron chi connectivity index (χ0n) is 12.9. The van der Waals surface area contributed by atoms with Crippen molar-refractivity contribution >= 4 is 28.5 Å². The van der Waals surface area contributed by atoms with Gasteiger partial charge in [-0.05, 0) is 42.5 Å². The number of rotatable bonds is 3. The third-order valence-corrected chi connectivity index (χ3v) is 3.59. The summed E-state index contributed by atoms with van der Waals surface area (Å²) in [7, 11) is 0. The van der Waals surface area contributed by atoms with Gasteiger partial charge in [0.1, 0.15) is 17.1 Å². The summed E-state index contributed by atoms with van der Waals surface area (Å²) in [6, 6.07) is 7.09. The van der Waals surface area contributed by atoms with E-state index in [1.165, 1.54) is 12.1 Å². The minimum atomic E-state index is -4.61. The molecule has 134 valence electrons. The topological polar surface area (TPSA) is 85.3 Å². The lowest BCUT2D eigenvalue weighted by molar-refractivity contribution is -0.137. The number of carbonyl (C=O) groups is 2. The summed E-state index contributed by atoms with van der Waals surface area (Å²) < 4.78 is 56.5. The van der Waals surface area contributed by atoms with Gasteiger partial charge in [-0.1, -0.05) is 0 Å². The van der Waals surface area contributed by atoms with Crippen molar-refractivity contribution < 1.29 is 31.6 Å². The number of benzene rings is 2. The Morgan fingerprint density at radius 1 is 1.04 bits per heavy atom. The van der Waals surface area contributed by atoms with Gasteiger partial charge in [0, 0.05) is 10.9 Å². The molecule has 0 saturated heterocycles. The van der Waals surface area contributed by atoms with E-state index in [9.17, 15) is 27.2 Å². The molecule has 1 aromatic heterocycles. The number of hydrogen-bond donors (Lipinski definition) is 2. The zero-order valence-corrected chi connectivity index (χ0v) is 12.9. The van der Waals surface area contributed by atoms with E-state index >= 15 is 0 Å². The van der Waals surface area contributed by atoms with Crippen molar-refractivity contribution in [2.24, 2.45) is 5.73 Å². The molecule has 26 heavy (non-hydrogen) atoms. The fraction of sp³-hybridized carbons (Fsp3) is 0.0588. The van der Waals surface area contributed by atoms with E-state index in [1.807, 2.05) is 0 Å². The molecule has 0 aliphatic carbocycles. The van der Waals surface area contributed by atoms with Crippen LogP contribution in [-0.4, -0.2) is 11.8 Å². The first-order valence-corrected chi connectivity index (χ1v) is 7.17. The molecule has 1 heterocycles. The Hall–Kier alpha value is -3.36. The van der Waals surface area contributed by atoms with Crippen LogP contribution in [0.15, 0.2) is 46.9 Å². The first kappa shape index (κ1) is 17.5. The van der Waals surface area contributed by atoms with E-state index in [-0.39, 0.29) is 22.2 Å². The van der Waals surface area contributed by atoms with Crippen LogP contribution in [-0.2, 0) is 6.18 Å². The Labute approximate surface area is 143 Å². The van der Waals surface area contributed by atoms with Crippen LogP contribution in [0.5, 0.6) is 0 Å². The Bertz CT molecular complexity index is 1010. The lowest BCUT2D eigenvalue weighted by atomic mass is 10.1. The van der Waals surface area contributed by atoms with Gasteiger partial charge in [-0.15, -0.1) is 0 Å². The van der Waals surface area contributed by atoms with Gasteiger partial charge in [-0.3, -0.25) is 9.59 Å². The minimum absolute atomic E-state index is 0.0715. The molecule has 2 aromatic carbocycles. The number of nitrogens with two attached hydrogens (primary N) is 1. The number of furan rings is 1. The lowest BCUT2D eigenvalue weighted by Crippen LogP contribution is -2.17. The molecule has 0 unspecified atom stereocenters. The number of fused-ring (bicyclic) bond motifs is 1. The second-order valence-electron chi connectivity index (χ2n) is 5.34. The molecule has 0 aliphatic heterocycles. The molecule has 0 saturated carbocycles. The normalized spacial score (nSPS) is 11.5. The number of amides is 2. The fourth-order valence-corrected chi connectivity index (χ4v) is 2.36. The van der Waals surface area contributed by atoms with Gasteiger partial charge < -0.3 is 15.5 Å². The maximum Gasteiger partial charge on any atom is 0.416 e. The summed E-state index contributed by atoms with van der Waals surface area (Å²) >= 11 is 0. The number of nitrogens with one attached hydrogen (secondary N) is 1. The summed E-state index contributed by atoms with van der Waals surface area (Å²) in [5, 5.41) is 2.44. The quantitative estimate of drug-likeness (QED) is 0.689. The molecule has 0 radical (unpaired) electrons. The van der Waals surface area contributed by atoms with E-state index < -0.39 is 35.1 Å². The van der Waals surface area contributed by atoms with Crippen molar-refractivity contribution in [3.05, 3.63) is 65.2 Å². The third-order valence-electron chi connectivity index (χ3n) is 3.59. The molecular weight excluding hydrogens is 356 g/mol.